The first kappa shape index (κ1) is 53.8. The third kappa shape index (κ3) is 28.1. The highest BCUT2D eigenvalue weighted by Gasteiger charge is 2.22. The second kappa shape index (κ2) is 37.2. The number of carbonyl (C=O) groups is 3. The standard InChI is InChI=1S/C54H89NO6/c1-5-7-9-11-13-15-17-19-21-23-25-27-29-31-33-42-52(56)59-44-48(61-54(58)49-39-35-36-40-51(49)55-50-41-37-38-46(3)47(50)4)45-60-53(57)43-34-32-30-28-26-24-22-20-18-16-14-12-10-8-6-2/h35-41,48,55H,5-34,42-45H2,1-4H3. The second-order valence-electron chi connectivity index (χ2n) is 17.7. The van der Waals surface area contributed by atoms with Crippen LogP contribution in [0, 0.1) is 13.8 Å². The zero-order chi connectivity index (χ0) is 44.0. The maximum atomic E-state index is 13.6. The smallest absolute Gasteiger partial charge is 0.340 e. The van der Waals surface area contributed by atoms with Gasteiger partial charge in [0.25, 0.3) is 0 Å². The van der Waals surface area contributed by atoms with Gasteiger partial charge in [0.1, 0.15) is 13.2 Å². The summed E-state index contributed by atoms with van der Waals surface area (Å²) in [5.41, 5.74) is 4.09. The van der Waals surface area contributed by atoms with Crippen molar-refractivity contribution in [3.8, 4) is 0 Å². The average Bonchev–Trinajstić information content (AvgIpc) is 3.26. The number of carbonyl (C=O) groups excluding carboxylic acids is 3. The molecule has 0 radical (unpaired) electrons. The lowest BCUT2D eigenvalue weighted by molar-refractivity contribution is -0.152. The molecule has 2 aromatic carbocycles. The number of benzene rings is 2. The molecule has 0 saturated heterocycles. The van der Waals surface area contributed by atoms with Gasteiger partial charge in [-0.1, -0.05) is 218 Å². The van der Waals surface area contributed by atoms with Gasteiger partial charge in [0.2, 0.25) is 0 Å². The molecular formula is C54H89NO6. The van der Waals surface area contributed by atoms with Crippen LogP contribution < -0.4 is 5.32 Å². The van der Waals surface area contributed by atoms with E-state index in [1.54, 1.807) is 12.1 Å². The average molecular weight is 848 g/mol. The zero-order valence-electron chi connectivity index (χ0n) is 39.6. The lowest BCUT2D eigenvalue weighted by Crippen LogP contribution is -2.31. The Labute approximate surface area is 373 Å². The monoisotopic (exact) mass is 848 g/mol. The molecule has 2 aromatic rings. The number of anilines is 2. The molecule has 7 heteroatoms. The van der Waals surface area contributed by atoms with E-state index in [-0.39, 0.29) is 25.2 Å². The van der Waals surface area contributed by atoms with Crippen LogP contribution in [0.15, 0.2) is 42.5 Å². The number of esters is 3. The molecule has 0 amide bonds. The van der Waals surface area contributed by atoms with Gasteiger partial charge in [-0.15, -0.1) is 0 Å². The lowest BCUT2D eigenvalue weighted by Gasteiger charge is -2.20. The van der Waals surface area contributed by atoms with Crippen LogP contribution in [-0.2, 0) is 23.8 Å². The van der Waals surface area contributed by atoms with Crippen LogP contribution >= 0.6 is 0 Å². The van der Waals surface area contributed by atoms with Crippen LogP contribution in [0.3, 0.4) is 0 Å². The van der Waals surface area contributed by atoms with Crippen molar-refractivity contribution in [3.05, 3.63) is 59.2 Å². The Morgan fingerprint density at radius 3 is 1.23 bits per heavy atom. The fourth-order valence-electron chi connectivity index (χ4n) is 7.93. The highest BCUT2D eigenvalue weighted by atomic mass is 16.6. The second-order valence-corrected chi connectivity index (χ2v) is 17.7. The number of aryl methyl sites for hydroxylation is 1. The van der Waals surface area contributed by atoms with Crippen molar-refractivity contribution in [1.82, 2.24) is 0 Å². The number of para-hydroxylation sites is 1. The molecule has 0 aliphatic carbocycles. The molecule has 0 heterocycles. The van der Waals surface area contributed by atoms with Gasteiger partial charge in [0.15, 0.2) is 6.10 Å². The number of rotatable bonds is 40. The molecule has 0 fully saturated rings. The lowest BCUT2D eigenvalue weighted by atomic mass is 10.0. The summed E-state index contributed by atoms with van der Waals surface area (Å²) in [7, 11) is 0. The van der Waals surface area contributed by atoms with E-state index in [0.717, 1.165) is 55.3 Å². The summed E-state index contributed by atoms with van der Waals surface area (Å²) in [4.78, 5) is 39.2. The van der Waals surface area contributed by atoms with E-state index >= 15 is 0 Å². The van der Waals surface area contributed by atoms with Crippen molar-refractivity contribution in [1.29, 1.82) is 0 Å². The Hall–Kier alpha value is -3.35. The van der Waals surface area contributed by atoms with Crippen LogP contribution in [0.2, 0.25) is 0 Å². The van der Waals surface area contributed by atoms with Crippen molar-refractivity contribution in [3.63, 3.8) is 0 Å². The minimum absolute atomic E-state index is 0.165. The Balaban J connectivity index is 1.74. The van der Waals surface area contributed by atoms with E-state index in [2.05, 4.69) is 19.2 Å². The summed E-state index contributed by atoms with van der Waals surface area (Å²) in [5.74, 6) is -1.22. The van der Waals surface area contributed by atoms with E-state index in [1.165, 1.54) is 154 Å². The minimum Gasteiger partial charge on any atom is -0.462 e. The molecule has 1 N–H and O–H groups in total. The van der Waals surface area contributed by atoms with Crippen LogP contribution in [0.25, 0.3) is 0 Å². The normalized spacial score (nSPS) is 11.2. The molecule has 0 spiro atoms. The number of hydrogen-bond donors (Lipinski definition) is 1. The molecule has 0 atom stereocenters. The van der Waals surface area contributed by atoms with E-state index in [9.17, 15) is 14.4 Å². The minimum atomic E-state index is -0.920. The van der Waals surface area contributed by atoms with Crippen LogP contribution in [0.1, 0.15) is 241 Å². The van der Waals surface area contributed by atoms with E-state index in [1.807, 2.05) is 44.2 Å². The van der Waals surface area contributed by atoms with Crippen molar-refractivity contribution in [2.24, 2.45) is 0 Å². The molecular weight excluding hydrogens is 759 g/mol. The fourth-order valence-corrected chi connectivity index (χ4v) is 7.93. The van der Waals surface area contributed by atoms with Gasteiger partial charge >= 0.3 is 17.9 Å². The Morgan fingerprint density at radius 1 is 0.459 bits per heavy atom. The topological polar surface area (TPSA) is 90.9 Å². The van der Waals surface area contributed by atoms with Crippen LogP contribution in [0.4, 0.5) is 11.4 Å². The quantitative estimate of drug-likeness (QED) is 0.0406. The predicted octanol–water partition coefficient (Wildman–Crippen LogP) is 16.2. The molecule has 61 heavy (non-hydrogen) atoms. The molecule has 0 unspecified atom stereocenters. The van der Waals surface area contributed by atoms with Gasteiger partial charge < -0.3 is 19.5 Å². The van der Waals surface area contributed by atoms with Crippen molar-refractivity contribution < 1.29 is 28.6 Å². The van der Waals surface area contributed by atoms with Gasteiger partial charge in [-0.3, -0.25) is 9.59 Å². The van der Waals surface area contributed by atoms with Gasteiger partial charge in [-0.05, 0) is 56.0 Å². The summed E-state index contributed by atoms with van der Waals surface area (Å²) in [6, 6.07) is 13.2. The number of nitrogens with one attached hydrogen (secondary N) is 1. The summed E-state index contributed by atoms with van der Waals surface area (Å²) >= 11 is 0. The van der Waals surface area contributed by atoms with Crippen LogP contribution in [0.5, 0.6) is 0 Å². The van der Waals surface area contributed by atoms with Crippen molar-refractivity contribution in [2.45, 2.75) is 239 Å². The summed E-state index contributed by atoms with van der Waals surface area (Å²) in [6.45, 7) is 8.30. The molecule has 0 aliphatic rings. The SMILES string of the molecule is CCCCCCCCCCCCCCCCCC(=O)OCC(COC(=O)CCCCCCCCCCCCCCCCC)OC(=O)c1ccccc1Nc1cccc(C)c1C. The van der Waals surface area contributed by atoms with Crippen LogP contribution in [-0.4, -0.2) is 37.2 Å². The largest absolute Gasteiger partial charge is 0.462 e. The third-order valence-electron chi connectivity index (χ3n) is 12.1. The Bertz CT molecular complexity index is 1360. The number of hydrogen-bond acceptors (Lipinski definition) is 7. The number of ether oxygens (including phenoxy) is 3. The van der Waals surface area contributed by atoms with E-state index < -0.39 is 12.1 Å². The van der Waals surface area contributed by atoms with Gasteiger partial charge in [-0.25, -0.2) is 4.79 Å². The summed E-state index contributed by atoms with van der Waals surface area (Å²) in [6.07, 6.45) is 37.6. The highest BCUT2D eigenvalue weighted by Crippen LogP contribution is 2.26. The Kier molecular flexibility index (Phi) is 32.8. The molecule has 346 valence electrons. The zero-order valence-corrected chi connectivity index (χ0v) is 39.6. The summed E-state index contributed by atoms with van der Waals surface area (Å²) in [5, 5.41) is 3.39. The van der Waals surface area contributed by atoms with Gasteiger partial charge in [-0.2, -0.15) is 0 Å². The van der Waals surface area contributed by atoms with Crippen molar-refractivity contribution in [2.75, 3.05) is 18.5 Å². The molecule has 0 bridgehead atoms. The first-order valence-electron chi connectivity index (χ1n) is 25.3. The molecule has 0 aromatic heterocycles. The first-order chi connectivity index (χ1) is 29.8. The fraction of sp³-hybridized carbons (Fsp3) is 0.722. The Morgan fingerprint density at radius 2 is 0.820 bits per heavy atom. The highest BCUT2D eigenvalue weighted by molar-refractivity contribution is 5.96. The van der Waals surface area contributed by atoms with E-state index in [0.29, 0.717) is 24.1 Å². The molecule has 0 saturated carbocycles. The maximum absolute atomic E-state index is 13.6. The van der Waals surface area contributed by atoms with E-state index in [4.69, 9.17) is 14.2 Å². The molecule has 7 nitrogen and oxygen atoms in total. The molecule has 0 aliphatic heterocycles. The van der Waals surface area contributed by atoms with Gasteiger partial charge in [0, 0.05) is 18.5 Å². The predicted molar refractivity (Wildman–Crippen MR) is 256 cm³/mol. The third-order valence-corrected chi connectivity index (χ3v) is 12.1. The molecule has 2 rings (SSSR count). The summed E-state index contributed by atoms with van der Waals surface area (Å²) < 4.78 is 17.1. The number of unbranched alkanes of at least 4 members (excludes halogenated alkanes) is 28. The van der Waals surface area contributed by atoms with Gasteiger partial charge in [0.05, 0.1) is 11.3 Å². The van der Waals surface area contributed by atoms with Crippen molar-refractivity contribution >= 4 is 29.3 Å². The first-order valence-corrected chi connectivity index (χ1v) is 25.3. The maximum Gasteiger partial charge on any atom is 0.340 e.